The van der Waals surface area contributed by atoms with Crippen molar-refractivity contribution < 1.29 is 14.4 Å². The second-order valence-corrected chi connectivity index (χ2v) is 5.62. The Morgan fingerprint density at radius 3 is 2.68 bits per heavy atom. The molecule has 3 rings (SSSR count). The summed E-state index contributed by atoms with van der Waals surface area (Å²) >= 11 is 0. The Morgan fingerprint density at radius 2 is 1.96 bits per heavy atom. The Hall–Kier alpha value is -3.02. The lowest BCUT2D eigenvalue weighted by Gasteiger charge is -2.30. The third kappa shape index (κ3) is 3.91. The van der Waals surface area contributed by atoms with Crippen LogP contribution in [0.3, 0.4) is 0 Å². The van der Waals surface area contributed by atoms with Gasteiger partial charge in [-0.1, -0.05) is 23.4 Å². The van der Waals surface area contributed by atoms with Crippen LogP contribution in [0.2, 0.25) is 0 Å². The summed E-state index contributed by atoms with van der Waals surface area (Å²) < 4.78 is 5.08. The van der Waals surface area contributed by atoms with Crippen LogP contribution in [0, 0.1) is 0 Å². The Morgan fingerprint density at radius 1 is 1.20 bits per heavy atom. The number of oxime groups is 1. The number of benzene rings is 2. The van der Waals surface area contributed by atoms with E-state index in [0.29, 0.717) is 5.69 Å². The molecule has 0 bridgehead atoms. The number of carbonyl (C=O) groups is 1. The van der Waals surface area contributed by atoms with Crippen molar-refractivity contribution in [3.8, 4) is 5.75 Å². The number of ether oxygens (including phenoxy) is 1. The van der Waals surface area contributed by atoms with Gasteiger partial charge in [-0.25, -0.2) is 4.79 Å². The van der Waals surface area contributed by atoms with Crippen LogP contribution in [0.25, 0.3) is 0 Å². The molecule has 1 heterocycles. The molecule has 0 aromatic heterocycles. The summed E-state index contributed by atoms with van der Waals surface area (Å²) in [6.45, 7) is 3.91. The number of anilines is 2. The van der Waals surface area contributed by atoms with Crippen molar-refractivity contribution in [1.29, 1.82) is 0 Å². The van der Waals surface area contributed by atoms with E-state index in [1.54, 1.807) is 31.4 Å². The number of methoxy groups -OCH3 is 1. The molecule has 0 fully saturated rings. The molecule has 0 unspecified atom stereocenters. The van der Waals surface area contributed by atoms with Gasteiger partial charge in [-0.05, 0) is 37.3 Å². The molecule has 0 radical (unpaired) electrons. The van der Waals surface area contributed by atoms with Crippen molar-refractivity contribution in [2.24, 2.45) is 5.16 Å². The minimum atomic E-state index is -0.618. The Balaban J connectivity index is 1.68. The van der Waals surface area contributed by atoms with Crippen LogP contribution in [0.4, 0.5) is 16.2 Å². The van der Waals surface area contributed by atoms with Gasteiger partial charge in [0, 0.05) is 36.4 Å². The number of hydrogen-bond acceptors (Lipinski definition) is 5. The number of para-hydroxylation sites is 1. The smallest absolute Gasteiger partial charge is 0.437 e. The van der Waals surface area contributed by atoms with Crippen LogP contribution in [0.5, 0.6) is 5.75 Å². The summed E-state index contributed by atoms with van der Waals surface area (Å²) in [5, 5.41) is 6.72. The van der Waals surface area contributed by atoms with Gasteiger partial charge in [0.1, 0.15) is 5.75 Å². The van der Waals surface area contributed by atoms with Crippen LogP contribution in [-0.2, 0) is 4.84 Å². The first-order valence-electron chi connectivity index (χ1n) is 8.24. The third-order valence-corrected chi connectivity index (χ3v) is 4.13. The van der Waals surface area contributed by atoms with Crippen molar-refractivity contribution in [2.45, 2.75) is 13.3 Å². The lowest BCUT2D eigenvalue weighted by molar-refractivity contribution is 0.166. The topological polar surface area (TPSA) is 63.2 Å². The predicted octanol–water partition coefficient (Wildman–Crippen LogP) is 3.88. The molecule has 0 atom stereocenters. The minimum absolute atomic E-state index is 0.618. The van der Waals surface area contributed by atoms with Crippen molar-refractivity contribution >= 4 is 23.2 Å². The summed E-state index contributed by atoms with van der Waals surface area (Å²) in [5.41, 5.74) is 3.53. The number of hydrogen-bond donors (Lipinski definition) is 1. The van der Waals surface area contributed by atoms with Gasteiger partial charge in [-0.15, -0.1) is 0 Å². The molecule has 2 aromatic carbocycles. The van der Waals surface area contributed by atoms with Gasteiger partial charge in [-0.2, -0.15) is 0 Å². The van der Waals surface area contributed by atoms with E-state index in [-0.39, 0.29) is 0 Å². The summed E-state index contributed by atoms with van der Waals surface area (Å²) in [5.74, 6) is 0.721. The highest BCUT2D eigenvalue weighted by Gasteiger charge is 2.21. The standard InChI is InChI=1S/C19H21N3O3/c1-3-22-13-12-17(16-6-4-5-7-18(16)22)21-25-19(23)20-14-8-10-15(24-2)11-9-14/h4-11H,3,12-13H2,1-2H3,(H,20,23)/b21-17+. The first-order chi connectivity index (χ1) is 12.2. The second kappa shape index (κ2) is 7.70. The minimum Gasteiger partial charge on any atom is -0.497 e. The van der Waals surface area contributed by atoms with E-state index >= 15 is 0 Å². The van der Waals surface area contributed by atoms with Gasteiger partial charge >= 0.3 is 6.09 Å². The summed E-state index contributed by atoms with van der Waals surface area (Å²) in [6, 6.07) is 15.0. The van der Waals surface area contributed by atoms with Crippen molar-refractivity contribution in [2.75, 3.05) is 30.4 Å². The first kappa shape index (κ1) is 16.8. The van der Waals surface area contributed by atoms with Crippen LogP contribution in [0.1, 0.15) is 18.9 Å². The van der Waals surface area contributed by atoms with Crippen LogP contribution in [-0.4, -0.2) is 32.0 Å². The monoisotopic (exact) mass is 339 g/mol. The molecule has 1 N–H and O–H groups in total. The van der Waals surface area contributed by atoms with E-state index in [4.69, 9.17) is 9.57 Å². The lowest BCUT2D eigenvalue weighted by Crippen LogP contribution is -2.32. The van der Waals surface area contributed by atoms with Crippen LogP contribution >= 0.6 is 0 Å². The molecule has 1 aliphatic rings. The Labute approximate surface area is 147 Å². The fourth-order valence-electron chi connectivity index (χ4n) is 2.82. The number of rotatable bonds is 4. The quantitative estimate of drug-likeness (QED) is 0.678. The molecule has 0 aliphatic carbocycles. The molecule has 2 aromatic rings. The molecule has 130 valence electrons. The first-order valence-corrected chi connectivity index (χ1v) is 8.24. The van der Waals surface area contributed by atoms with E-state index in [9.17, 15) is 4.79 Å². The molecule has 0 spiro atoms. The van der Waals surface area contributed by atoms with E-state index < -0.39 is 6.09 Å². The SMILES string of the molecule is CCN1CC/C(=N\OC(=O)Nc2ccc(OC)cc2)c2ccccc21. The molecule has 6 heteroatoms. The number of nitrogens with zero attached hydrogens (tertiary/aromatic N) is 2. The molecule has 0 saturated carbocycles. The lowest BCUT2D eigenvalue weighted by atomic mass is 10.00. The Kier molecular flexibility index (Phi) is 5.18. The summed E-state index contributed by atoms with van der Waals surface area (Å²) in [6.07, 6.45) is 0.119. The predicted molar refractivity (Wildman–Crippen MR) is 98.6 cm³/mol. The van der Waals surface area contributed by atoms with Crippen LogP contribution < -0.4 is 15.0 Å². The van der Waals surface area contributed by atoms with Crippen LogP contribution in [0.15, 0.2) is 53.7 Å². The molecule has 1 aliphatic heterocycles. The van der Waals surface area contributed by atoms with E-state index in [1.165, 1.54) is 0 Å². The maximum absolute atomic E-state index is 12.0. The van der Waals surface area contributed by atoms with E-state index in [1.807, 2.05) is 18.2 Å². The molecule has 25 heavy (non-hydrogen) atoms. The number of fused-ring (bicyclic) bond motifs is 1. The van der Waals surface area contributed by atoms with Crippen molar-refractivity contribution in [3.63, 3.8) is 0 Å². The molecule has 1 amide bonds. The molecule has 0 saturated heterocycles. The summed E-state index contributed by atoms with van der Waals surface area (Å²) in [4.78, 5) is 19.3. The normalized spacial score (nSPS) is 14.8. The zero-order valence-electron chi connectivity index (χ0n) is 14.4. The highest BCUT2D eigenvalue weighted by Crippen LogP contribution is 2.27. The van der Waals surface area contributed by atoms with E-state index in [2.05, 4.69) is 28.4 Å². The van der Waals surface area contributed by atoms with Crippen molar-refractivity contribution in [3.05, 3.63) is 54.1 Å². The highest BCUT2D eigenvalue weighted by molar-refractivity contribution is 6.07. The summed E-state index contributed by atoms with van der Waals surface area (Å²) in [7, 11) is 1.59. The van der Waals surface area contributed by atoms with Gasteiger partial charge in [-0.3, -0.25) is 10.2 Å². The average Bonchev–Trinajstić information content (AvgIpc) is 2.66. The zero-order chi connectivity index (χ0) is 17.6. The molecular weight excluding hydrogens is 318 g/mol. The molecular formula is C19H21N3O3. The number of carbonyl (C=O) groups excluding carboxylic acids is 1. The van der Waals surface area contributed by atoms with Gasteiger partial charge in [0.2, 0.25) is 0 Å². The zero-order valence-corrected chi connectivity index (χ0v) is 14.4. The average molecular weight is 339 g/mol. The van der Waals surface area contributed by atoms with Gasteiger partial charge < -0.3 is 9.64 Å². The van der Waals surface area contributed by atoms with Gasteiger partial charge in [0.15, 0.2) is 0 Å². The third-order valence-electron chi connectivity index (χ3n) is 4.13. The largest absolute Gasteiger partial charge is 0.497 e. The number of amides is 1. The van der Waals surface area contributed by atoms with E-state index in [0.717, 1.165) is 42.2 Å². The fraction of sp³-hybridized carbons (Fsp3) is 0.263. The van der Waals surface area contributed by atoms with Gasteiger partial charge in [0.25, 0.3) is 0 Å². The van der Waals surface area contributed by atoms with Crippen molar-refractivity contribution in [1.82, 2.24) is 0 Å². The maximum atomic E-state index is 12.0. The van der Waals surface area contributed by atoms with Gasteiger partial charge in [0.05, 0.1) is 12.8 Å². The number of nitrogens with one attached hydrogen (secondary N) is 1. The molecule has 6 nitrogen and oxygen atoms in total. The second-order valence-electron chi connectivity index (χ2n) is 5.62. The maximum Gasteiger partial charge on any atom is 0.437 e. The highest BCUT2D eigenvalue weighted by atomic mass is 16.7. The Bertz CT molecular complexity index is 772. The fourth-order valence-corrected chi connectivity index (χ4v) is 2.82.